The van der Waals surface area contributed by atoms with Crippen LogP contribution in [0, 0.1) is 0 Å². The molecule has 6 rings (SSSR count). The van der Waals surface area contributed by atoms with E-state index < -0.39 is 18.5 Å². The second-order valence-corrected chi connectivity index (χ2v) is 8.48. The number of hydrogen-bond acceptors (Lipinski definition) is 8. The molecule has 1 amide bonds. The van der Waals surface area contributed by atoms with Crippen LogP contribution in [0.1, 0.15) is 40.0 Å². The topological polar surface area (TPSA) is 113 Å². The van der Waals surface area contributed by atoms with Crippen molar-refractivity contribution in [3.05, 3.63) is 77.2 Å². The summed E-state index contributed by atoms with van der Waals surface area (Å²) < 4.78 is 21.1. The predicted octanol–water partition coefficient (Wildman–Crippen LogP) is 4.62. The van der Waals surface area contributed by atoms with Crippen molar-refractivity contribution in [3.63, 3.8) is 0 Å². The number of hydrogen-bond donors (Lipinski definition) is 1. The Morgan fingerprint density at radius 3 is 2.83 bits per heavy atom. The van der Waals surface area contributed by atoms with Crippen LogP contribution in [0.15, 0.2) is 59.3 Å². The quantitative estimate of drug-likeness (QED) is 0.409. The number of allylic oxidation sites excluding steroid dienone is 1. The molecule has 1 aliphatic carbocycles. The summed E-state index contributed by atoms with van der Waals surface area (Å²) in [6.07, 6.45) is 5.77. The van der Waals surface area contributed by atoms with Gasteiger partial charge in [-0.2, -0.15) is 0 Å². The largest absolute Gasteiger partial charge is 0.454 e. The average Bonchev–Trinajstić information content (AvgIpc) is 3.58. The van der Waals surface area contributed by atoms with Crippen molar-refractivity contribution in [2.75, 3.05) is 18.7 Å². The fourth-order valence-electron chi connectivity index (χ4n) is 4.57. The Labute approximate surface area is 205 Å². The van der Waals surface area contributed by atoms with Crippen LogP contribution < -0.4 is 14.8 Å². The molecule has 9 heteroatoms. The highest BCUT2D eigenvalue weighted by Gasteiger charge is 2.26. The van der Waals surface area contributed by atoms with Gasteiger partial charge in [0.15, 0.2) is 23.9 Å². The summed E-state index contributed by atoms with van der Waals surface area (Å²) in [5, 5.41) is 6.84. The number of amides is 1. The Bertz CT molecular complexity index is 1510. The van der Waals surface area contributed by atoms with Crippen LogP contribution in [0.5, 0.6) is 11.5 Å². The van der Waals surface area contributed by atoms with E-state index in [0.29, 0.717) is 28.6 Å². The fraction of sp³-hybridized carbons (Fsp3) is 0.185. The van der Waals surface area contributed by atoms with Gasteiger partial charge in [0.25, 0.3) is 5.91 Å². The molecule has 3 heterocycles. The van der Waals surface area contributed by atoms with E-state index in [2.05, 4.69) is 16.5 Å². The number of fused-ring (bicyclic) bond motifs is 3. The number of ether oxygens (including phenoxy) is 3. The van der Waals surface area contributed by atoms with Crippen LogP contribution in [-0.4, -0.2) is 35.4 Å². The Morgan fingerprint density at radius 2 is 1.94 bits per heavy atom. The van der Waals surface area contributed by atoms with Gasteiger partial charge in [0, 0.05) is 11.5 Å². The zero-order valence-corrected chi connectivity index (χ0v) is 19.2. The summed E-state index contributed by atoms with van der Waals surface area (Å²) in [6.45, 7) is -0.231. The molecule has 0 fully saturated rings. The van der Waals surface area contributed by atoms with E-state index in [-0.39, 0.29) is 12.6 Å². The normalized spacial score (nSPS) is 15.1. The molecule has 1 N–H and O–H groups in total. The molecule has 36 heavy (non-hydrogen) atoms. The van der Waals surface area contributed by atoms with Crippen LogP contribution in [0.3, 0.4) is 0 Å². The highest BCUT2D eigenvalue weighted by Crippen LogP contribution is 2.38. The lowest BCUT2D eigenvalue weighted by Gasteiger charge is -2.22. The van der Waals surface area contributed by atoms with Gasteiger partial charge in [0.2, 0.25) is 6.79 Å². The summed E-state index contributed by atoms with van der Waals surface area (Å²) >= 11 is 0. The Hall–Kier alpha value is -4.66. The number of benzene rings is 2. The molecular formula is C27H21N3O6. The van der Waals surface area contributed by atoms with Crippen molar-refractivity contribution in [2.45, 2.75) is 19.3 Å². The zero-order chi connectivity index (χ0) is 24.5. The Morgan fingerprint density at radius 1 is 1.06 bits per heavy atom. The molecule has 2 aliphatic rings. The first-order valence-electron chi connectivity index (χ1n) is 11.6. The van der Waals surface area contributed by atoms with Crippen LogP contribution in [0.2, 0.25) is 0 Å². The minimum absolute atomic E-state index is 0.216. The van der Waals surface area contributed by atoms with Gasteiger partial charge in [-0.1, -0.05) is 29.4 Å². The molecule has 0 radical (unpaired) electrons. The minimum atomic E-state index is -0.565. The summed E-state index contributed by atoms with van der Waals surface area (Å²) in [6, 6.07) is 14.8. The van der Waals surface area contributed by atoms with Crippen LogP contribution in [0.25, 0.3) is 22.6 Å². The maximum atomic E-state index is 13.3. The average molecular weight is 483 g/mol. The molecule has 9 nitrogen and oxygen atoms in total. The summed E-state index contributed by atoms with van der Waals surface area (Å²) in [5.41, 5.74) is 4.73. The number of aromatic nitrogens is 2. The lowest BCUT2D eigenvalue weighted by atomic mass is 9.86. The smallest absolute Gasteiger partial charge is 0.339 e. The first-order chi connectivity index (χ1) is 17.7. The van der Waals surface area contributed by atoms with E-state index in [0.717, 1.165) is 41.0 Å². The molecule has 1 aliphatic heterocycles. The van der Waals surface area contributed by atoms with Crippen molar-refractivity contribution in [1.29, 1.82) is 0 Å². The molecule has 0 spiro atoms. The zero-order valence-electron chi connectivity index (χ0n) is 19.2. The van der Waals surface area contributed by atoms with Crippen molar-refractivity contribution >= 4 is 40.2 Å². The minimum Gasteiger partial charge on any atom is -0.454 e. The molecular weight excluding hydrogens is 462 g/mol. The number of anilines is 1. The van der Waals surface area contributed by atoms with E-state index in [1.165, 1.54) is 12.3 Å². The van der Waals surface area contributed by atoms with Gasteiger partial charge in [-0.25, -0.2) is 9.78 Å². The molecule has 0 bridgehead atoms. The first kappa shape index (κ1) is 21.8. The number of nitrogens with zero attached hydrogens (tertiary/aromatic N) is 2. The standard InChI is InChI=1S/C27H21N3O6/c31-24(29-23-10-11-36-30-23)14-33-27(32)25-18-5-1-2-7-20(18)28-26-17(4-3-6-19(25)26)12-16-8-9-21-22(13-16)35-15-34-21/h1-2,5,7-13H,3-4,6,14-15H2,(H,29,30,31). The number of pyridine rings is 1. The van der Waals surface area contributed by atoms with Crippen molar-refractivity contribution in [3.8, 4) is 11.5 Å². The summed E-state index contributed by atoms with van der Waals surface area (Å²) in [4.78, 5) is 30.5. The van der Waals surface area contributed by atoms with Crippen LogP contribution >= 0.6 is 0 Å². The van der Waals surface area contributed by atoms with Gasteiger partial charge >= 0.3 is 5.97 Å². The predicted molar refractivity (Wildman–Crippen MR) is 131 cm³/mol. The summed E-state index contributed by atoms with van der Waals surface area (Å²) in [7, 11) is 0. The van der Waals surface area contributed by atoms with Gasteiger partial charge < -0.3 is 24.1 Å². The van der Waals surface area contributed by atoms with E-state index >= 15 is 0 Å². The fourth-order valence-corrected chi connectivity index (χ4v) is 4.57. The maximum Gasteiger partial charge on any atom is 0.339 e. The third kappa shape index (κ3) is 4.15. The molecule has 0 saturated carbocycles. The molecule has 2 aromatic heterocycles. The van der Waals surface area contributed by atoms with Crippen molar-refractivity contribution in [1.82, 2.24) is 10.1 Å². The number of carbonyl (C=O) groups is 2. The van der Waals surface area contributed by atoms with Gasteiger partial charge in [0.05, 0.1) is 16.8 Å². The first-order valence-corrected chi connectivity index (χ1v) is 11.6. The van der Waals surface area contributed by atoms with Gasteiger partial charge in [-0.3, -0.25) is 4.79 Å². The number of rotatable bonds is 5. The number of para-hydroxylation sites is 1. The number of nitrogens with one attached hydrogen (secondary N) is 1. The van der Waals surface area contributed by atoms with Crippen molar-refractivity contribution < 1.29 is 28.3 Å². The van der Waals surface area contributed by atoms with Crippen molar-refractivity contribution in [2.24, 2.45) is 0 Å². The lowest BCUT2D eigenvalue weighted by molar-refractivity contribution is -0.119. The SMILES string of the molecule is O=C(COC(=O)c1c2c(nc3ccccc13)C(=Cc1ccc3c(c1)OCO3)CCC2)Nc1ccon1. The van der Waals surface area contributed by atoms with E-state index in [1.54, 1.807) is 0 Å². The maximum absolute atomic E-state index is 13.3. The Balaban J connectivity index is 1.34. The lowest BCUT2D eigenvalue weighted by Crippen LogP contribution is -2.22. The van der Waals surface area contributed by atoms with Gasteiger partial charge in [0.1, 0.15) is 6.26 Å². The highest BCUT2D eigenvalue weighted by atomic mass is 16.7. The van der Waals surface area contributed by atoms with Crippen LogP contribution in [-0.2, 0) is 16.0 Å². The van der Waals surface area contributed by atoms with Crippen LogP contribution in [0.4, 0.5) is 5.82 Å². The van der Waals surface area contributed by atoms with E-state index in [1.807, 2.05) is 42.5 Å². The summed E-state index contributed by atoms with van der Waals surface area (Å²) in [5.74, 6) is 0.612. The molecule has 0 saturated heterocycles. The number of esters is 1. The Kier molecular flexibility index (Phi) is 5.57. The molecule has 2 aromatic carbocycles. The van der Waals surface area contributed by atoms with Gasteiger partial charge in [-0.15, -0.1) is 0 Å². The second-order valence-electron chi connectivity index (χ2n) is 8.48. The number of carbonyl (C=O) groups excluding carboxylic acids is 2. The third-order valence-corrected chi connectivity index (χ3v) is 6.15. The molecule has 4 aromatic rings. The molecule has 0 atom stereocenters. The van der Waals surface area contributed by atoms with Gasteiger partial charge in [-0.05, 0) is 60.2 Å². The second kappa shape index (κ2) is 9.18. The van der Waals surface area contributed by atoms with E-state index in [9.17, 15) is 9.59 Å². The van der Waals surface area contributed by atoms with E-state index in [4.69, 9.17) is 23.7 Å². The molecule has 0 unspecified atom stereocenters. The monoisotopic (exact) mass is 483 g/mol. The highest BCUT2D eigenvalue weighted by molar-refractivity contribution is 6.07. The molecule has 180 valence electrons. The third-order valence-electron chi connectivity index (χ3n) is 6.15.